The van der Waals surface area contributed by atoms with Gasteiger partial charge in [-0.15, -0.1) is 0 Å². The highest BCUT2D eigenvalue weighted by Crippen LogP contribution is 2.48. The van der Waals surface area contributed by atoms with Gasteiger partial charge in [-0.3, -0.25) is 4.79 Å². The number of hydrogen-bond acceptors (Lipinski definition) is 5. The molecule has 0 bridgehead atoms. The van der Waals surface area contributed by atoms with Crippen molar-refractivity contribution in [1.82, 2.24) is 10.1 Å². The molecule has 1 aliphatic rings. The van der Waals surface area contributed by atoms with Gasteiger partial charge in [0.15, 0.2) is 5.76 Å². The molecule has 6 rings (SSSR count). The second kappa shape index (κ2) is 9.39. The topological polar surface area (TPSA) is 96.5 Å². The lowest BCUT2D eigenvalue weighted by atomic mass is 9.93. The molecule has 0 radical (unpaired) electrons. The van der Waals surface area contributed by atoms with Crippen LogP contribution in [-0.2, 0) is 10.2 Å². The standard InChI is InChI=1S/C32H26N2O4/c1-20-28(29(35)27-9-5-8-26(33-27)23-6-3-2-4-7-23)30(38-34-20)24-12-10-21(11-13-24)22-14-16-25(17-15-22)32(18-19-32)31(36)37/h2-17,29,35H,18-19H2,1H3,(H,36,37). The van der Waals surface area contributed by atoms with E-state index in [2.05, 4.69) is 5.16 Å². The number of nitrogens with zero attached hydrogens (tertiary/aromatic N) is 2. The monoisotopic (exact) mass is 502 g/mol. The van der Waals surface area contributed by atoms with Gasteiger partial charge in [-0.2, -0.15) is 0 Å². The number of carbonyl (C=O) groups is 1. The van der Waals surface area contributed by atoms with Crippen molar-refractivity contribution >= 4 is 5.97 Å². The van der Waals surface area contributed by atoms with Gasteiger partial charge in [-0.25, -0.2) is 4.98 Å². The third kappa shape index (κ3) is 4.19. The van der Waals surface area contributed by atoms with Gasteiger partial charge in [0, 0.05) is 11.1 Å². The maximum Gasteiger partial charge on any atom is 0.314 e. The van der Waals surface area contributed by atoms with Crippen LogP contribution in [0.15, 0.2) is 102 Å². The van der Waals surface area contributed by atoms with Crippen LogP contribution in [0.25, 0.3) is 33.7 Å². The maximum atomic E-state index is 11.6. The zero-order valence-electron chi connectivity index (χ0n) is 20.8. The number of carboxylic acids is 1. The summed E-state index contributed by atoms with van der Waals surface area (Å²) in [6.45, 7) is 1.81. The smallest absolute Gasteiger partial charge is 0.314 e. The molecular weight excluding hydrogens is 476 g/mol. The van der Waals surface area contributed by atoms with E-state index in [4.69, 9.17) is 9.51 Å². The minimum Gasteiger partial charge on any atom is -0.481 e. The molecule has 1 atom stereocenters. The highest BCUT2D eigenvalue weighted by atomic mass is 16.5. The number of aryl methyl sites for hydroxylation is 1. The molecule has 3 aromatic carbocycles. The predicted molar refractivity (Wildman–Crippen MR) is 144 cm³/mol. The third-order valence-electron chi connectivity index (χ3n) is 7.38. The molecule has 2 heterocycles. The largest absolute Gasteiger partial charge is 0.481 e. The molecule has 1 unspecified atom stereocenters. The van der Waals surface area contributed by atoms with Gasteiger partial charge in [-0.05, 0) is 48.6 Å². The number of aliphatic hydroxyl groups excluding tert-OH is 1. The summed E-state index contributed by atoms with van der Waals surface area (Å²) in [6, 6.07) is 31.0. The molecule has 5 aromatic rings. The first kappa shape index (κ1) is 23.8. The first-order valence-electron chi connectivity index (χ1n) is 12.6. The van der Waals surface area contributed by atoms with Crippen LogP contribution in [0, 0.1) is 6.92 Å². The molecule has 188 valence electrons. The molecule has 1 fully saturated rings. The molecule has 0 saturated heterocycles. The number of pyridine rings is 1. The second-order valence-corrected chi connectivity index (χ2v) is 9.77. The summed E-state index contributed by atoms with van der Waals surface area (Å²) >= 11 is 0. The first-order valence-corrected chi connectivity index (χ1v) is 12.6. The summed E-state index contributed by atoms with van der Waals surface area (Å²) in [5, 5.41) is 25.0. The van der Waals surface area contributed by atoms with Crippen LogP contribution < -0.4 is 0 Å². The van der Waals surface area contributed by atoms with E-state index in [1.807, 2.05) is 97.9 Å². The quantitative estimate of drug-likeness (QED) is 0.261. The van der Waals surface area contributed by atoms with Crippen LogP contribution in [0.2, 0.25) is 0 Å². The lowest BCUT2D eigenvalue weighted by Gasteiger charge is -2.13. The van der Waals surface area contributed by atoms with Crippen molar-refractivity contribution in [3.8, 4) is 33.7 Å². The van der Waals surface area contributed by atoms with Crippen molar-refractivity contribution in [3.63, 3.8) is 0 Å². The zero-order chi connectivity index (χ0) is 26.3. The zero-order valence-corrected chi connectivity index (χ0v) is 20.8. The van der Waals surface area contributed by atoms with E-state index in [0.717, 1.165) is 33.5 Å². The van der Waals surface area contributed by atoms with Gasteiger partial charge < -0.3 is 14.7 Å². The molecule has 1 aliphatic carbocycles. The van der Waals surface area contributed by atoms with E-state index < -0.39 is 17.5 Å². The summed E-state index contributed by atoms with van der Waals surface area (Å²) in [4.78, 5) is 16.3. The van der Waals surface area contributed by atoms with E-state index in [-0.39, 0.29) is 0 Å². The second-order valence-electron chi connectivity index (χ2n) is 9.77. The van der Waals surface area contributed by atoms with Crippen LogP contribution in [0.3, 0.4) is 0 Å². The molecular formula is C32H26N2O4. The molecule has 0 aliphatic heterocycles. The fraction of sp³-hybridized carbons (Fsp3) is 0.156. The Morgan fingerprint density at radius 3 is 2.08 bits per heavy atom. The average Bonchev–Trinajstić information content (AvgIpc) is 3.70. The molecule has 2 N–H and O–H groups in total. The van der Waals surface area contributed by atoms with Crippen molar-refractivity contribution in [2.45, 2.75) is 31.3 Å². The Morgan fingerprint density at radius 1 is 0.816 bits per heavy atom. The molecule has 38 heavy (non-hydrogen) atoms. The van der Waals surface area contributed by atoms with Gasteiger partial charge in [-0.1, -0.05) is 90.1 Å². The highest BCUT2D eigenvalue weighted by molar-refractivity contribution is 5.85. The van der Waals surface area contributed by atoms with Crippen LogP contribution in [0.1, 0.15) is 41.5 Å². The number of carboxylic acid groups (broad SMARTS) is 1. The van der Waals surface area contributed by atoms with Gasteiger partial charge in [0.25, 0.3) is 0 Å². The number of hydrogen-bond donors (Lipinski definition) is 2. The summed E-state index contributed by atoms with van der Waals surface area (Å²) in [7, 11) is 0. The average molecular weight is 503 g/mol. The molecule has 6 nitrogen and oxygen atoms in total. The fourth-order valence-corrected chi connectivity index (χ4v) is 4.98. The molecule has 2 aromatic heterocycles. The molecule has 1 saturated carbocycles. The maximum absolute atomic E-state index is 11.6. The Bertz CT molecular complexity index is 1600. The first-order chi connectivity index (χ1) is 18.5. The van der Waals surface area contributed by atoms with E-state index in [1.54, 1.807) is 6.07 Å². The minimum absolute atomic E-state index is 0.501. The van der Waals surface area contributed by atoms with Crippen LogP contribution in [-0.4, -0.2) is 26.3 Å². The third-order valence-corrected chi connectivity index (χ3v) is 7.38. The predicted octanol–water partition coefficient (Wildman–Crippen LogP) is 6.58. The van der Waals surface area contributed by atoms with E-state index in [9.17, 15) is 15.0 Å². The van der Waals surface area contributed by atoms with Crippen molar-refractivity contribution in [2.75, 3.05) is 0 Å². The van der Waals surface area contributed by atoms with Gasteiger partial charge in [0.05, 0.1) is 28.1 Å². The van der Waals surface area contributed by atoms with Crippen LogP contribution in [0.5, 0.6) is 0 Å². The number of aliphatic carboxylic acids is 1. The Balaban J connectivity index is 1.27. The van der Waals surface area contributed by atoms with Crippen molar-refractivity contribution in [1.29, 1.82) is 0 Å². The molecule has 0 spiro atoms. The lowest BCUT2D eigenvalue weighted by Crippen LogP contribution is -2.19. The lowest BCUT2D eigenvalue weighted by molar-refractivity contribution is -0.140. The Labute approximate surface area is 220 Å². The normalized spacial score (nSPS) is 14.7. The summed E-state index contributed by atoms with van der Waals surface area (Å²) in [6.07, 6.45) is 0.372. The minimum atomic E-state index is -1.00. The SMILES string of the molecule is Cc1noc(-c2ccc(-c3ccc(C4(C(=O)O)CC4)cc3)cc2)c1C(O)c1cccc(-c2ccccc2)n1. The Morgan fingerprint density at radius 2 is 1.45 bits per heavy atom. The van der Waals surface area contributed by atoms with Crippen molar-refractivity contribution < 1.29 is 19.5 Å². The van der Waals surface area contributed by atoms with Crippen LogP contribution in [0.4, 0.5) is 0 Å². The number of rotatable bonds is 7. The van der Waals surface area contributed by atoms with Crippen molar-refractivity contribution in [3.05, 3.63) is 120 Å². The molecule has 0 amide bonds. The van der Waals surface area contributed by atoms with Crippen molar-refractivity contribution in [2.24, 2.45) is 0 Å². The Kier molecular flexibility index (Phi) is 5.89. The van der Waals surface area contributed by atoms with Crippen LogP contribution >= 0.6 is 0 Å². The number of aliphatic hydroxyl groups is 1. The van der Waals surface area contributed by atoms with Gasteiger partial charge >= 0.3 is 5.97 Å². The molecule has 6 heteroatoms. The summed E-state index contributed by atoms with van der Waals surface area (Å²) in [5.74, 6) is -0.252. The summed E-state index contributed by atoms with van der Waals surface area (Å²) < 4.78 is 5.67. The number of aromatic nitrogens is 2. The van der Waals surface area contributed by atoms with E-state index in [1.165, 1.54) is 0 Å². The Hall–Kier alpha value is -4.55. The summed E-state index contributed by atoms with van der Waals surface area (Å²) in [5.41, 5.74) is 6.40. The van der Waals surface area contributed by atoms with Gasteiger partial charge in [0.1, 0.15) is 6.10 Å². The van der Waals surface area contributed by atoms with E-state index >= 15 is 0 Å². The highest BCUT2D eigenvalue weighted by Gasteiger charge is 2.51. The number of benzene rings is 3. The van der Waals surface area contributed by atoms with Gasteiger partial charge in [0.2, 0.25) is 0 Å². The fourth-order valence-electron chi connectivity index (χ4n) is 4.98. The van der Waals surface area contributed by atoms with E-state index in [0.29, 0.717) is 35.6 Å².